The summed E-state index contributed by atoms with van der Waals surface area (Å²) >= 11 is 0. The third-order valence-electron chi connectivity index (χ3n) is 8.60. The Morgan fingerprint density at radius 3 is 2.06 bits per heavy atom. The van der Waals surface area contributed by atoms with Crippen molar-refractivity contribution in [2.24, 2.45) is 5.92 Å². The molecule has 0 radical (unpaired) electrons. The van der Waals surface area contributed by atoms with Gasteiger partial charge in [-0.05, 0) is 68.5 Å². The largest absolute Gasteiger partial charge is 0.366 e. The Morgan fingerprint density at radius 1 is 0.812 bits per heavy atom. The van der Waals surface area contributed by atoms with Crippen LogP contribution < -0.4 is 5.69 Å². The average Bonchev–Trinajstić information content (AvgIpc) is 3.51. The van der Waals surface area contributed by atoms with Gasteiger partial charge in [-0.3, -0.25) is 13.9 Å². The number of rotatable bonds is 12. The lowest BCUT2D eigenvalue weighted by atomic mass is 10.1. The van der Waals surface area contributed by atoms with E-state index in [1.165, 1.54) is 6.08 Å². The molecule has 0 fully saturated rings. The molecule has 252 valence electrons. The number of aliphatic hydroxyl groups is 1. The van der Waals surface area contributed by atoms with Gasteiger partial charge in [0.25, 0.3) is 0 Å². The molecule has 3 aromatic carbocycles. The predicted octanol–water partition coefficient (Wildman–Crippen LogP) is 5.54. The molecule has 1 unspecified atom stereocenters. The second-order valence-electron chi connectivity index (χ2n) is 14.1. The van der Waals surface area contributed by atoms with Crippen molar-refractivity contribution < 1.29 is 14.6 Å². The molecule has 10 heteroatoms. The topological polar surface area (TPSA) is 97.8 Å². The van der Waals surface area contributed by atoms with Gasteiger partial charge in [-0.1, -0.05) is 62.4 Å². The Kier molecular flexibility index (Phi) is 9.57. The maximum Gasteiger partial charge on any atom is 0.329 e. The van der Waals surface area contributed by atoms with Crippen LogP contribution in [0, 0.1) is 5.92 Å². The lowest BCUT2D eigenvalue weighted by Crippen LogP contribution is -2.45. The Morgan fingerprint density at radius 2 is 1.42 bits per heavy atom. The summed E-state index contributed by atoms with van der Waals surface area (Å²) in [6.07, 6.45) is 3.27. The fraction of sp³-hybridized carbons (Fsp3) is 0.395. The Balaban J connectivity index is 1.19. The number of carbonyl (C=O) groups is 1. The van der Waals surface area contributed by atoms with Gasteiger partial charge in [0.15, 0.2) is 6.29 Å². The van der Waals surface area contributed by atoms with Crippen molar-refractivity contribution in [3.8, 4) is 0 Å². The number of aryl methyl sites for hydroxylation is 1. The van der Waals surface area contributed by atoms with E-state index in [0.717, 1.165) is 52.0 Å². The lowest BCUT2D eigenvalue weighted by Gasteiger charge is -2.35. The molecule has 5 aromatic rings. The zero-order valence-corrected chi connectivity index (χ0v) is 28.5. The third kappa shape index (κ3) is 7.55. The first kappa shape index (κ1) is 33.2. The number of nitrogens with zero attached hydrogens (tertiary/aromatic N) is 6. The van der Waals surface area contributed by atoms with E-state index in [-0.39, 0.29) is 18.1 Å². The fourth-order valence-corrected chi connectivity index (χ4v) is 6.26. The van der Waals surface area contributed by atoms with Crippen LogP contribution >= 0.6 is 0 Å². The molecular weight excluding hydrogens is 604 g/mol. The number of ether oxygens (including phenoxy) is 1. The highest BCUT2D eigenvalue weighted by Gasteiger charge is 2.24. The maximum absolute atomic E-state index is 14.0. The van der Waals surface area contributed by atoms with E-state index in [1.54, 1.807) is 11.1 Å². The van der Waals surface area contributed by atoms with E-state index in [2.05, 4.69) is 24.5 Å². The van der Waals surface area contributed by atoms with Crippen LogP contribution in [-0.2, 0) is 35.7 Å². The van der Waals surface area contributed by atoms with E-state index < -0.39 is 11.9 Å². The summed E-state index contributed by atoms with van der Waals surface area (Å²) in [5, 5.41) is 10.3. The average molecular weight is 651 g/mol. The molecule has 1 N–H and O–H groups in total. The number of amides is 1. The molecule has 1 aliphatic rings. The van der Waals surface area contributed by atoms with E-state index in [0.29, 0.717) is 32.2 Å². The van der Waals surface area contributed by atoms with Gasteiger partial charge in [0.1, 0.15) is 5.82 Å². The molecule has 0 spiro atoms. The van der Waals surface area contributed by atoms with E-state index in [9.17, 15) is 14.7 Å². The molecule has 1 aliphatic heterocycles. The Hall–Kier alpha value is -4.67. The van der Waals surface area contributed by atoms with Crippen LogP contribution in [-0.4, -0.2) is 64.6 Å². The van der Waals surface area contributed by atoms with Gasteiger partial charge in [0.2, 0.25) is 5.91 Å². The van der Waals surface area contributed by atoms with Crippen LogP contribution in [0.15, 0.2) is 89.9 Å². The third-order valence-corrected chi connectivity index (χ3v) is 8.60. The second kappa shape index (κ2) is 13.8. The SMILES string of the molecule is CC(C)CCn1c(Cn2c(=O)n(Cc3ccc(CN4CN(CC(O)OC(C)(C)C)C=CC4=O)cc3)c3ccccc32)nc2ccccc21. The van der Waals surface area contributed by atoms with Crippen LogP contribution in [0.5, 0.6) is 0 Å². The number of para-hydroxylation sites is 4. The number of aromatic nitrogens is 4. The van der Waals surface area contributed by atoms with E-state index >= 15 is 0 Å². The zero-order valence-electron chi connectivity index (χ0n) is 28.5. The molecule has 0 aliphatic carbocycles. The second-order valence-corrected chi connectivity index (χ2v) is 14.1. The number of benzene rings is 3. The van der Waals surface area contributed by atoms with Crippen LogP contribution in [0.2, 0.25) is 0 Å². The first-order valence-electron chi connectivity index (χ1n) is 16.7. The Labute approximate surface area is 281 Å². The molecule has 0 saturated heterocycles. The first-order valence-corrected chi connectivity index (χ1v) is 16.7. The minimum Gasteiger partial charge on any atom is -0.366 e. The minimum absolute atomic E-state index is 0.0776. The summed E-state index contributed by atoms with van der Waals surface area (Å²) in [7, 11) is 0. The molecule has 6 rings (SSSR count). The molecule has 2 aromatic heterocycles. The summed E-state index contributed by atoms with van der Waals surface area (Å²) in [5.74, 6) is 1.34. The molecule has 48 heavy (non-hydrogen) atoms. The van der Waals surface area contributed by atoms with Gasteiger partial charge in [0.05, 0.1) is 54.0 Å². The highest BCUT2D eigenvalue weighted by atomic mass is 16.6. The molecule has 1 amide bonds. The number of hydrogen-bond donors (Lipinski definition) is 1. The number of β-amino-alcohol motifs (C(OH)–C–C–N with tert-alkyl or cyclic N) is 1. The standard InChI is InChI=1S/C38H46N6O4/c1-27(2)18-21-42-31-11-7-6-10-30(31)39-34(42)24-44-33-13-9-8-12-32(33)43(37(44)47)23-29-16-14-28(15-17-29)22-41-26-40(20-19-35(41)45)25-36(46)48-38(3,4)5/h6-17,19-20,27,36,46H,18,21-26H2,1-5H3. The van der Waals surface area contributed by atoms with Crippen molar-refractivity contribution in [1.29, 1.82) is 0 Å². The predicted molar refractivity (Wildman–Crippen MR) is 188 cm³/mol. The lowest BCUT2D eigenvalue weighted by molar-refractivity contribution is -0.174. The van der Waals surface area contributed by atoms with Gasteiger partial charge < -0.3 is 24.2 Å². The van der Waals surface area contributed by atoms with Crippen molar-refractivity contribution in [2.45, 2.75) is 79.1 Å². The Bertz CT molecular complexity index is 1980. The van der Waals surface area contributed by atoms with Gasteiger partial charge >= 0.3 is 5.69 Å². The van der Waals surface area contributed by atoms with Crippen LogP contribution in [0.3, 0.4) is 0 Å². The molecular formula is C38H46N6O4. The van der Waals surface area contributed by atoms with Gasteiger partial charge in [-0.15, -0.1) is 0 Å². The summed E-state index contributed by atoms with van der Waals surface area (Å²) < 4.78 is 11.6. The fourth-order valence-electron chi connectivity index (χ4n) is 6.26. The molecule has 3 heterocycles. The van der Waals surface area contributed by atoms with Crippen LogP contribution in [0.4, 0.5) is 0 Å². The van der Waals surface area contributed by atoms with Crippen molar-refractivity contribution >= 4 is 28.0 Å². The zero-order chi connectivity index (χ0) is 34.0. The normalized spacial score (nSPS) is 14.6. The highest BCUT2D eigenvalue weighted by molar-refractivity contribution is 5.88. The first-order chi connectivity index (χ1) is 22.9. The van der Waals surface area contributed by atoms with Crippen LogP contribution in [0.1, 0.15) is 58.0 Å². The maximum atomic E-state index is 14.0. The van der Waals surface area contributed by atoms with E-state index in [1.807, 2.05) is 102 Å². The highest BCUT2D eigenvalue weighted by Crippen LogP contribution is 2.22. The molecule has 1 atom stereocenters. The molecule has 0 bridgehead atoms. The van der Waals surface area contributed by atoms with Crippen molar-refractivity contribution in [3.63, 3.8) is 0 Å². The summed E-state index contributed by atoms with van der Waals surface area (Å²) in [4.78, 5) is 35.3. The smallest absolute Gasteiger partial charge is 0.329 e. The number of hydrogen-bond acceptors (Lipinski definition) is 6. The molecule has 10 nitrogen and oxygen atoms in total. The summed E-state index contributed by atoms with van der Waals surface area (Å²) in [6.45, 7) is 12.8. The van der Waals surface area contributed by atoms with Crippen molar-refractivity contribution in [1.82, 2.24) is 28.5 Å². The van der Waals surface area contributed by atoms with E-state index in [4.69, 9.17) is 9.72 Å². The van der Waals surface area contributed by atoms with Gasteiger partial charge in [0, 0.05) is 25.4 Å². The number of imidazole rings is 2. The summed E-state index contributed by atoms with van der Waals surface area (Å²) in [5.41, 5.74) is 5.20. The van der Waals surface area contributed by atoms with Gasteiger partial charge in [-0.2, -0.15) is 0 Å². The number of carbonyl (C=O) groups excluding carboxylic acids is 1. The molecule has 0 saturated carbocycles. The van der Waals surface area contributed by atoms with Gasteiger partial charge in [-0.25, -0.2) is 9.78 Å². The minimum atomic E-state index is -0.968. The van der Waals surface area contributed by atoms with Crippen molar-refractivity contribution in [2.75, 3.05) is 13.2 Å². The van der Waals surface area contributed by atoms with Crippen LogP contribution in [0.25, 0.3) is 22.1 Å². The number of aliphatic hydroxyl groups excluding tert-OH is 1. The summed E-state index contributed by atoms with van der Waals surface area (Å²) in [6, 6.07) is 24.1. The van der Waals surface area contributed by atoms with Crippen molar-refractivity contribution in [3.05, 3.63) is 113 Å². The quantitative estimate of drug-likeness (QED) is 0.178. The monoisotopic (exact) mass is 650 g/mol. The number of fused-ring (bicyclic) bond motifs is 2.